The minimum Gasteiger partial charge on any atom is -0.478 e. The highest BCUT2D eigenvalue weighted by Crippen LogP contribution is 2.04. The van der Waals surface area contributed by atoms with Gasteiger partial charge in [-0.1, -0.05) is 12.1 Å². The van der Waals surface area contributed by atoms with Crippen molar-refractivity contribution in [1.82, 2.24) is 10.6 Å². The topological polar surface area (TPSA) is 91.6 Å². The second-order valence-electron chi connectivity index (χ2n) is 4.12. The minimum absolute atomic E-state index is 0.165. The highest BCUT2D eigenvalue weighted by molar-refractivity contribution is 7.80. The van der Waals surface area contributed by atoms with Crippen LogP contribution >= 0.6 is 12.2 Å². The van der Waals surface area contributed by atoms with Gasteiger partial charge >= 0.3 is 5.97 Å². The molecular weight excluding hydrogens is 292 g/mol. The quantitative estimate of drug-likeness (QED) is 0.746. The maximum Gasteiger partial charge on any atom is 0.335 e. The summed E-state index contributed by atoms with van der Waals surface area (Å²) in [7, 11) is 0. The average Bonchev–Trinajstić information content (AvgIpc) is 3.00. The van der Waals surface area contributed by atoms with Crippen LogP contribution in [0, 0.1) is 0 Å². The fourth-order valence-corrected chi connectivity index (χ4v) is 1.73. The molecular formula is C14H12N2O4S. The number of rotatable bonds is 4. The number of carbonyl (C=O) groups is 2. The monoisotopic (exact) mass is 304 g/mol. The van der Waals surface area contributed by atoms with E-state index >= 15 is 0 Å². The third-order valence-electron chi connectivity index (χ3n) is 2.63. The molecule has 108 valence electrons. The Morgan fingerprint density at radius 1 is 1.19 bits per heavy atom. The molecule has 1 aromatic heterocycles. The maximum atomic E-state index is 11.6. The smallest absolute Gasteiger partial charge is 0.335 e. The molecule has 21 heavy (non-hydrogen) atoms. The van der Waals surface area contributed by atoms with Crippen LogP contribution in [0.2, 0.25) is 0 Å². The first-order chi connectivity index (χ1) is 10.1. The highest BCUT2D eigenvalue weighted by Gasteiger charge is 2.10. The van der Waals surface area contributed by atoms with Gasteiger partial charge in [0.2, 0.25) is 0 Å². The largest absolute Gasteiger partial charge is 0.478 e. The number of hydrogen-bond acceptors (Lipinski definition) is 4. The number of furan rings is 1. The minimum atomic E-state index is -0.976. The standard InChI is InChI=1S/C14H12N2O4S/c17-12(11-2-1-7-20-11)16-14(21)15-8-9-3-5-10(6-4-9)13(18)19/h1-7H,8H2,(H,18,19)(H2,15,16,17,21). The van der Waals surface area contributed by atoms with Crippen molar-refractivity contribution in [2.45, 2.75) is 6.54 Å². The molecule has 0 saturated carbocycles. The van der Waals surface area contributed by atoms with E-state index < -0.39 is 11.9 Å². The van der Waals surface area contributed by atoms with Crippen LogP contribution in [0.25, 0.3) is 0 Å². The van der Waals surface area contributed by atoms with Crippen molar-refractivity contribution in [1.29, 1.82) is 0 Å². The van der Waals surface area contributed by atoms with Crippen molar-refractivity contribution < 1.29 is 19.1 Å². The lowest BCUT2D eigenvalue weighted by Crippen LogP contribution is -2.38. The third-order valence-corrected chi connectivity index (χ3v) is 2.87. The number of thiocarbonyl (C=S) groups is 1. The van der Waals surface area contributed by atoms with Crippen molar-refractivity contribution in [3.8, 4) is 0 Å². The number of hydrogen-bond donors (Lipinski definition) is 3. The van der Waals surface area contributed by atoms with Gasteiger partial charge in [0.1, 0.15) is 0 Å². The molecule has 1 amide bonds. The lowest BCUT2D eigenvalue weighted by Gasteiger charge is -2.08. The van der Waals surface area contributed by atoms with Crippen LogP contribution in [0.15, 0.2) is 47.1 Å². The van der Waals surface area contributed by atoms with E-state index in [0.29, 0.717) is 6.54 Å². The number of carbonyl (C=O) groups excluding carboxylic acids is 1. The SMILES string of the molecule is O=C(O)c1ccc(CNC(=S)NC(=O)c2ccco2)cc1. The summed E-state index contributed by atoms with van der Waals surface area (Å²) in [6.07, 6.45) is 1.40. The first-order valence-electron chi connectivity index (χ1n) is 6.01. The first-order valence-corrected chi connectivity index (χ1v) is 6.42. The van der Waals surface area contributed by atoms with Crippen LogP contribution in [0.3, 0.4) is 0 Å². The Bertz CT molecular complexity index is 650. The molecule has 1 heterocycles. The van der Waals surface area contributed by atoms with Crippen LogP contribution in [-0.2, 0) is 6.54 Å². The van der Waals surface area contributed by atoms with Crippen LogP contribution < -0.4 is 10.6 Å². The zero-order valence-electron chi connectivity index (χ0n) is 10.8. The summed E-state index contributed by atoms with van der Waals surface area (Å²) < 4.78 is 4.94. The Labute approximate surface area is 125 Å². The van der Waals surface area contributed by atoms with Crippen LogP contribution in [0.5, 0.6) is 0 Å². The summed E-state index contributed by atoms with van der Waals surface area (Å²) >= 11 is 4.99. The number of amides is 1. The molecule has 0 aliphatic carbocycles. The summed E-state index contributed by atoms with van der Waals surface area (Å²) in [5.74, 6) is -1.24. The van der Waals surface area contributed by atoms with Gasteiger partial charge < -0.3 is 14.8 Å². The van der Waals surface area contributed by atoms with E-state index in [4.69, 9.17) is 21.7 Å². The number of benzene rings is 1. The van der Waals surface area contributed by atoms with Gasteiger partial charge in [0.05, 0.1) is 11.8 Å². The molecule has 0 bridgehead atoms. The van der Waals surface area contributed by atoms with Crippen molar-refractivity contribution in [2.24, 2.45) is 0 Å². The molecule has 7 heteroatoms. The van der Waals surface area contributed by atoms with Gasteiger partial charge in [-0.3, -0.25) is 10.1 Å². The Kier molecular flexibility index (Phi) is 4.68. The van der Waals surface area contributed by atoms with Crippen molar-refractivity contribution in [3.05, 3.63) is 59.5 Å². The fraction of sp³-hybridized carbons (Fsp3) is 0.0714. The molecule has 2 aromatic rings. The van der Waals surface area contributed by atoms with E-state index in [-0.39, 0.29) is 16.4 Å². The summed E-state index contributed by atoms with van der Waals surface area (Å²) in [5.41, 5.74) is 1.06. The number of nitrogens with one attached hydrogen (secondary N) is 2. The van der Waals surface area contributed by atoms with Gasteiger partial charge in [-0.05, 0) is 42.0 Å². The van der Waals surface area contributed by atoms with Gasteiger partial charge in [0, 0.05) is 6.54 Å². The number of carboxylic acids is 1. The number of aromatic carboxylic acids is 1. The first kappa shape index (κ1) is 14.7. The molecule has 0 saturated heterocycles. The molecule has 0 atom stereocenters. The molecule has 0 aliphatic rings. The summed E-state index contributed by atoms with van der Waals surface area (Å²) in [6.45, 7) is 0.372. The Hall–Kier alpha value is -2.67. The van der Waals surface area contributed by atoms with E-state index in [1.165, 1.54) is 24.5 Å². The molecule has 2 rings (SSSR count). The summed E-state index contributed by atoms with van der Waals surface area (Å²) in [5, 5.41) is 14.3. The Balaban J connectivity index is 1.83. The van der Waals surface area contributed by atoms with Crippen LogP contribution in [-0.4, -0.2) is 22.1 Å². The lowest BCUT2D eigenvalue weighted by molar-refractivity contribution is 0.0696. The number of carboxylic acid groups (broad SMARTS) is 1. The fourth-order valence-electron chi connectivity index (χ4n) is 1.56. The van der Waals surface area contributed by atoms with E-state index in [2.05, 4.69) is 10.6 Å². The van der Waals surface area contributed by atoms with Crippen LogP contribution in [0.1, 0.15) is 26.5 Å². The zero-order chi connectivity index (χ0) is 15.2. The van der Waals surface area contributed by atoms with E-state index in [1.54, 1.807) is 18.2 Å². The van der Waals surface area contributed by atoms with Gasteiger partial charge in [-0.15, -0.1) is 0 Å². The lowest BCUT2D eigenvalue weighted by atomic mass is 10.1. The molecule has 0 radical (unpaired) electrons. The highest BCUT2D eigenvalue weighted by atomic mass is 32.1. The second kappa shape index (κ2) is 6.67. The Morgan fingerprint density at radius 2 is 1.90 bits per heavy atom. The molecule has 1 aromatic carbocycles. The Morgan fingerprint density at radius 3 is 2.48 bits per heavy atom. The van der Waals surface area contributed by atoms with Crippen molar-refractivity contribution in [3.63, 3.8) is 0 Å². The van der Waals surface area contributed by atoms with E-state index in [0.717, 1.165) is 5.56 Å². The summed E-state index contributed by atoms with van der Waals surface area (Å²) in [4.78, 5) is 22.4. The predicted octanol–water partition coefficient (Wildman–Crippen LogP) is 1.78. The second-order valence-corrected chi connectivity index (χ2v) is 4.52. The predicted molar refractivity (Wildman–Crippen MR) is 79.0 cm³/mol. The molecule has 0 aliphatic heterocycles. The van der Waals surface area contributed by atoms with Crippen LogP contribution in [0.4, 0.5) is 0 Å². The zero-order valence-corrected chi connectivity index (χ0v) is 11.6. The normalized spacial score (nSPS) is 9.90. The molecule has 0 spiro atoms. The van der Waals surface area contributed by atoms with Gasteiger partial charge in [0.15, 0.2) is 10.9 Å². The van der Waals surface area contributed by atoms with E-state index in [9.17, 15) is 9.59 Å². The van der Waals surface area contributed by atoms with Gasteiger partial charge in [-0.25, -0.2) is 4.79 Å². The molecule has 6 nitrogen and oxygen atoms in total. The third kappa shape index (κ3) is 4.15. The van der Waals surface area contributed by atoms with Gasteiger partial charge in [-0.2, -0.15) is 0 Å². The molecule has 3 N–H and O–H groups in total. The molecule has 0 fully saturated rings. The van der Waals surface area contributed by atoms with Crippen molar-refractivity contribution >= 4 is 29.2 Å². The molecule has 0 unspecified atom stereocenters. The van der Waals surface area contributed by atoms with Gasteiger partial charge in [0.25, 0.3) is 5.91 Å². The maximum absolute atomic E-state index is 11.6. The van der Waals surface area contributed by atoms with E-state index in [1.807, 2.05) is 0 Å². The average molecular weight is 304 g/mol. The van der Waals surface area contributed by atoms with Crippen molar-refractivity contribution in [2.75, 3.05) is 0 Å². The summed E-state index contributed by atoms with van der Waals surface area (Å²) in [6, 6.07) is 9.49.